The molecule has 38 valence electrons. The van der Waals surface area contributed by atoms with Gasteiger partial charge in [0.25, 0.3) is 0 Å². The Hall–Kier alpha value is 0.470. The lowest BCUT2D eigenvalue weighted by atomic mass is 10.7. The maximum absolute atomic E-state index is 5.55. The second kappa shape index (κ2) is 2.16. The topological polar surface area (TPSA) is 0 Å². The molecule has 1 rings (SSSR count). The van der Waals surface area contributed by atoms with E-state index in [4.69, 9.17) is 11.6 Å². The van der Waals surface area contributed by atoms with Crippen LogP contribution in [0.25, 0.3) is 0 Å². The standard InChI is InChI=1S/C4H2BrClS/c5-3-1-2-4(6)7-3/h1-2H. The van der Waals surface area contributed by atoms with Crippen LogP contribution in [0.1, 0.15) is 0 Å². The molecular weight excluding hydrogens is 195 g/mol. The average molecular weight is 197 g/mol. The molecule has 0 amide bonds. The molecule has 0 atom stereocenters. The Balaban J connectivity index is 3.04. The minimum Gasteiger partial charge on any atom is -0.116 e. The zero-order valence-electron chi connectivity index (χ0n) is 3.32. The molecule has 0 unspecified atom stereocenters. The summed E-state index contributed by atoms with van der Waals surface area (Å²) in [5.41, 5.74) is 0. The summed E-state index contributed by atoms with van der Waals surface area (Å²) in [6, 6.07) is 3.78. The van der Waals surface area contributed by atoms with E-state index in [1.165, 1.54) is 11.3 Å². The molecular formula is C4H2BrClS. The molecule has 0 fully saturated rings. The molecule has 0 N–H and O–H groups in total. The molecule has 1 heterocycles. The smallest absolute Gasteiger partial charge is 0.0940 e. The Bertz CT molecular complexity index is 144. The van der Waals surface area contributed by atoms with Crippen molar-refractivity contribution in [1.82, 2.24) is 0 Å². The van der Waals surface area contributed by atoms with Gasteiger partial charge in [-0.3, -0.25) is 0 Å². The molecule has 0 nitrogen and oxygen atoms in total. The quantitative estimate of drug-likeness (QED) is 0.599. The van der Waals surface area contributed by atoms with Gasteiger partial charge in [0.15, 0.2) is 0 Å². The maximum Gasteiger partial charge on any atom is 0.0940 e. The van der Waals surface area contributed by atoms with Crippen molar-refractivity contribution in [2.45, 2.75) is 0 Å². The molecule has 0 aliphatic carbocycles. The van der Waals surface area contributed by atoms with E-state index in [0.29, 0.717) is 0 Å². The van der Waals surface area contributed by atoms with Crippen LogP contribution in [-0.4, -0.2) is 0 Å². The largest absolute Gasteiger partial charge is 0.116 e. The van der Waals surface area contributed by atoms with Gasteiger partial charge in [-0.05, 0) is 28.1 Å². The van der Waals surface area contributed by atoms with Gasteiger partial charge in [0, 0.05) is 0 Å². The third kappa shape index (κ3) is 1.44. The highest BCUT2D eigenvalue weighted by Gasteiger charge is 1.88. The van der Waals surface area contributed by atoms with E-state index >= 15 is 0 Å². The van der Waals surface area contributed by atoms with Crippen LogP contribution in [0.2, 0.25) is 4.34 Å². The monoisotopic (exact) mass is 196 g/mol. The first kappa shape index (κ1) is 5.60. The summed E-state index contributed by atoms with van der Waals surface area (Å²) < 4.78 is 1.91. The lowest BCUT2D eigenvalue weighted by molar-refractivity contribution is 1.97. The zero-order chi connectivity index (χ0) is 5.28. The molecule has 7 heavy (non-hydrogen) atoms. The SMILES string of the molecule is Clc1ccc(Br)s1. The molecule has 1 aromatic heterocycles. The Morgan fingerprint density at radius 2 is 2.29 bits per heavy atom. The van der Waals surface area contributed by atoms with E-state index in [-0.39, 0.29) is 0 Å². The number of hydrogen-bond donors (Lipinski definition) is 0. The van der Waals surface area contributed by atoms with Gasteiger partial charge in [0.05, 0.1) is 8.12 Å². The van der Waals surface area contributed by atoms with Crippen LogP contribution in [0.3, 0.4) is 0 Å². The van der Waals surface area contributed by atoms with Crippen LogP contribution in [0.15, 0.2) is 15.9 Å². The molecule has 0 radical (unpaired) electrons. The lowest BCUT2D eigenvalue weighted by Crippen LogP contribution is -1.30. The summed E-state index contributed by atoms with van der Waals surface area (Å²) in [4.78, 5) is 0. The zero-order valence-corrected chi connectivity index (χ0v) is 6.48. The summed E-state index contributed by atoms with van der Waals surface area (Å²) in [5, 5.41) is 0. The molecule has 0 aromatic carbocycles. The van der Waals surface area contributed by atoms with Crippen molar-refractivity contribution in [1.29, 1.82) is 0 Å². The first-order chi connectivity index (χ1) is 3.29. The Morgan fingerprint density at radius 3 is 2.43 bits per heavy atom. The normalized spacial score (nSPS) is 9.43. The van der Waals surface area contributed by atoms with Crippen LogP contribution in [0, 0.1) is 0 Å². The van der Waals surface area contributed by atoms with E-state index in [9.17, 15) is 0 Å². The number of hydrogen-bond acceptors (Lipinski definition) is 1. The van der Waals surface area contributed by atoms with Crippen molar-refractivity contribution in [2.24, 2.45) is 0 Å². The number of rotatable bonds is 0. The molecule has 3 heteroatoms. The summed E-state index contributed by atoms with van der Waals surface area (Å²) >= 11 is 10.3. The van der Waals surface area contributed by atoms with E-state index in [1.807, 2.05) is 12.1 Å². The van der Waals surface area contributed by atoms with Gasteiger partial charge in [-0.25, -0.2) is 0 Å². The predicted octanol–water partition coefficient (Wildman–Crippen LogP) is 3.16. The highest BCUT2D eigenvalue weighted by molar-refractivity contribution is 9.11. The van der Waals surface area contributed by atoms with E-state index in [2.05, 4.69) is 15.9 Å². The second-order valence-electron chi connectivity index (χ2n) is 1.04. The van der Waals surface area contributed by atoms with E-state index in [1.54, 1.807) is 0 Å². The summed E-state index contributed by atoms with van der Waals surface area (Å²) in [6.45, 7) is 0. The lowest BCUT2D eigenvalue weighted by Gasteiger charge is -1.67. The number of thiophene rings is 1. The van der Waals surface area contributed by atoms with Crippen LogP contribution >= 0.6 is 38.9 Å². The first-order valence-corrected chi connectivity index (χ1v) is 3.68. The highest BCUT2D eigenvalue weighted by atomic mass is 79.9. The van der Waals surface area contributed by atoms with Gasteiger partial charge >= 0.3 is 0 Å². The Morgan fingerprint density at radius 1 is 1.57 bits per heavy atom. The Labute approximate surface area is 59.2 Å². The van der Waals surface area contributed by atoms with Gasteiger partial charge in [0.2, 0.25) is 0 Å². The fraction of sp³-hybridized carbons (Fsp3) is 0. The fourth-order valence-electron chi connectivity index (χ4n) is 0.292. The summed E-state index contributed by atoms with van der Waals surface area (Å²) in [7, 11) is 0. The predicted molar refractivity (Wildman–Crippen MR) is 37.0 cm³/mol. The van der Waals surface area contributed by atoms with Gasteiger partial charge < -0.3 is 0 Å². The molecule has 0 bridgehead atoms. The van der Waals surface area contributed by atoms with E-state index in [0.717, 1.165) is 8.12 Å². The van der Waals surface area contributed by atoms with Crippen molar-refractivity contribution >= 4 is 38.9 Å². The van der Waals surface area contributed by atoms with Crippen molar-refractivity contribution in [3.05, 3.63) is 20.3 Å². The molecule has 0 saturated heterocycles. The maximum atomic E-state index is 5.55. The molecule has 0 aliphatic rings. The first-order valence-electron chi connectivity index (χ1n) is 1.70. The molecule has 0 spiro atoms. The molecule has 0 aliphatic heterocycles. The van der Waals surface area contributed by atoms with Crippen molar-refractivity contribution in [2.75, 3.05) is 0 Å². The molecule has 1 aromatic rings. The van der Waals surface area contributed by atoms with Gasteiger partial charge in [0.1, 0.15) is 0 Å². The Kier molecular flexibility index (Phi) is 1.73. The summed E-state index contributed by atoms with van der Waals surface area (Å²) in [6.07, 6.45) is 0. The van der Waals surface area contributed by atoms with Crippen LogP contribution in [0.5, 0.6) is 0 Å². The molecule has 0 saturated carbocycles. The third-order valence-corrected chi connectivity index (χ3v) is 2.31. The van der Waals surface area contributed by atoms with Crippen LogP contribution < -0.4 is 0 Å². The van der Waals surface area contributed by atoms with Crippen molar-refractivity contribution < 1.29 is 0 Å². The average Bonchev–Trinajstić information content (AvgIpc) is 1.87. The van der Waals surface area contributed by atoms with Crippen molar-refractivity contribution in [3.8, 4) is 0 Å². The minimum absolute atomic E-state index is 0.826. The van der Waals surface area contributed by atoms with Gasteiger partial charge in [-0.15, -0.1) is 11.3 Å². The van der Waals surface area contributed by atoms with Crippen LogP contribution in [-0.2, 0) is 0 Å². The highest BCUT2D eigenvalue weighted by Crippen LogP contribution is 2.25. The van der Waals surface area contributed by atoms with Crippen molar-refractivity contribution in [3.63, 3.8) is 0 Å². The second-order valence-corrected chi connectivity index (χ2v) is 4.14. The number of halogens is 2. The van der Waals surface area contributed by atoms with Crippen LogP contribution in [0.4, 0.5) is 0 Å². The van der Waals surface area contributed by atoms with Gasteiger partial charge in [-0.1, -0.05) is 11.6 Å². The fourth-order valence-corrected chi connectivity index (χ4v) is 2.00. The van der Waals surface area contributed by atoms with E-state index < -0.39 is 0 Å². The minimum atomic E-state index is 0.826. The van der Waals surface area contributed by atoms with Gasteiger partial charge in [-0.2, -0.15) is 0 Å². The summed E-state index contributed by atoms with van der Waals surface area (Å²) in [5.74, 6) is 0. The third-order valence-electron chi connectivity index (χ3n) is 0.540.